The van der Waals surface area contributed by atoms with E-state index in [-0.39, 0.29) is 17.3 Å². The number of rotatable bonds is 5. The number of carbonyl (C=O) groups excluding carboxylic acids is 1. The summed E-state index contributed by atoms with van der Waals surface area (Å²) in [4.78, 5) is 19.5. The van der Waals surface area contributed by atoms with Crippen LogP contribution in [0.1, 0.15) is 18.1 Å². The van der Waals surface area contributed by atoms with Gasteiger partial charge in [0.25, 0.3) is 0 Å². The normalized spacial score (nSPS) is 11.4. The van der Waals surface area contributed by atoms with Crippen molar-refractivity contribution in [2.75, 3.05) is 16.4 Å². The molecule has 0 bridgehead atoms. The van der Waals surface area contributed by atoms with Gasteiger partial charge in [-0.05, 0) is 24.6 Å². The van der Waals surface area contributed by atoms with Crippen LogP contribution < -0.4 is 16.4 Å². The molecular weight excluding hydrogens is 315 g/mol. The number of nitrogens with zero attached hydrogens (tertiary/aromatic N) is 3. The van der Waals surface area contributed by atoms with Gasteiger partial charge in [-0.25, -0.2) is 4.39 Å². The summed E-state index contributed by atoms with van der Waals surface area (Å²) >= 11 is 0. The highest BCUT2D eigenvalue weighted by atomic mass is 19.1. The standard InChI is InChI=1S/C15H15FN6O2/c1-8(13(23)20-10-4-2-3-9(5-10)6-16)19-12-11(7-17)14(24)22-15(18)21-12/h2-5,8H,6H2,1H3,(H,20,23)(H4,18,19,21,22,24)/t8-/m0/s1. The topological polar surface area (TPSA) is 137 Å². The highest BCUT2D eigenvalue weighted by Crippen LogP contribution is 2.22. The van der Waals surface area contributed by atoms with Crippen molar-refractivity contribution in [1.82, 2.24) is 9.97 Å². The van der Waals surface area contributed by atoms with E-state index in [1.54, 1.807) is 24.3 Å². The van der Waals surface area contributed by atoms with Crippen molar-refractivity contribution in [3.63, 3.8) is 0 Å². The maximum absolute atomic E-state index is 12.6. The van der Waals surface area contributed by atoms with Crippen molar-refractivity contribution in [2.24, 2.45) is 0 Å². The van der Waals surface area contributed by atoms with E-state index in [0.717, 1.165) is 0 Å². The van der Waals surface area contributed by atoms with Crippen LogP contribution >= 0.6 is 0 Å². The third-order valence-electron chi connectivity index (χ3n) is 3.11. The van der Waals surface area contributed by atoms with Crippen molar-refractivity contribution in [3.05, 3.63) is 35.4 Å². The Hall–Kier alpha value is -3.41. The number of benzene rings is 1. The van der Waals surface area contributed by atoms with Crippen LogP contribution in [-0.4, -0.2) is 27.0 Å². The Morgan fingerprint density at radius 1 is 1.50 bits per heavy atom. The minimum Gasteiger partial charge on any atom is -0.492 e. The molecule has 0 saturated carbocycles. The second-order valence-electron chi connectivity index (χ2n) is 4.93. The fourth-order valence-electron chi connectivity index (χ4n) is 1.93. The molecule has 0 aliphatic heterocycles. The number of nitrogen functional groups attached to an aromatic ring is 1. The lowest BCUT2D eigenvalue weighted by molar-refractivity contribution is -0.116. The fourth-order valence-corrected chi connectivity index (χ4v) is 1.93. The van der Waals surface area contributed by atoms with Crippen molar-refractivity contribution in [1.29, 1.82) is 5.26 Å². The molecule has 124 valence electrons. The molecule has 1 heterocycles. The van der Waals surface area contributed by atoms with Gasteiger partial charge in [0, 0.05) is 5.69 Å². The van der Waals surface area contributed by atoms with Gasteiger partial charge < -0.3 is 21.5 Å². The summed E-state index contributed by atoms with van der Waals surface area (Å²) in [5.74, 6) is -1.30. The third kappa shape index (κ3) is 3.86. The van der Waals surface area contributed by atoms with E-state index in [0.29, 0.717) is 11.3 Å². The van der Waals surface area contributed by atoms with Crippen LogP contribution in [0.3, 0.4) is 0 Å². The highest BCUT2D eigenvalue weighted by molar-refractivity contribution is 5.96. The number of anilines is 3. The Balaban J connectivity index is 2.13. The third-order valence-corrected chi connectivity index (χ3v) is 3.11. The van der Waals surface area contributed by atoms with Gasteiger partial charge in [-0.3, -0.25) is 4.79 Å². The van der Waals surface area contributed by atoms with Gasteiger partial charge in [-0.2, -0.15) is 15.2 Å². The number of carbonyl (C=O) groups is 1. The lowest BCUT2D eigenvalue weighted by Gasteiger charge is -2.16. The van der Waals surface area contributed by atoms with Crippen molar-refractivity contribution in [3.8, 4) is 11.9 Å². The van der Waals surface area contributed by atoms with E-state index in [1.165, 1.54) is 13.0 Å². The first-order chi connectivity index (χ1) is 11.4. The summed E-state index contributed by atoms with van der Waals surface area (Å²) in [5.41, 5.74) is 6.08. The monoisotopic (exact) mass is 330 g/mol. The summed E-state index contributed by atoms with van der Waals surface area (Å²) < 4.78 is 12.6. The number of nitriles is 1. The number of amides is 1. The zero-order valence-corrected chi connectivity index (χ0v) is 12.7. The van der Waals surface area contributed by atoms with Gasteiger partial charge in [0.05, 0.1) is 0 Å². The Kier molecular flexibility index (Phi) is 5.11. The molecule has 0 aliphatic carbocycles. The highest BCUT2D eigenvalue weighted by Gasteiger charge is 2.19. The van der Waals surface area contributed by atoms with Crippen molar-refractivity contribution in [2.45, 2.75) is 19.6 Å². The van der Waals surface area contributed by atoms with Crippen LogP contribution in [0.4, 0.5) is 21.8 Å². The Morgan fingerprint density at radius 2 is 2.25 bits per heavy atom. The first-order valence-electron chi connectivity index (χ1n) is 6.93. The smallest absolute Gasteiger partial charge is 0.246 e. The van der Waals surface area contributed by atoms with E-state index in [4.69, 9.17) is 11.0 Å². The van der Waals surface area contributed by atoms with Crippen LogP contribution in [0.2, 0.25) is 0 Å². The van der Waals surface area contributed by atoms with Crippen LogP contribution in [0.25, 0.3) is 0 Å². The average molecular weight is 330 g/mol. The van der Waals surface area contributed by atoms with Gasteiger partial charge in [0.15, 0.2) is 11.4 Å². The number of alkyl halides is 1. The molecule has 0 aliphatic rings. The first kappa shape index (κ1) is 17.0. The molecule has 1 aromatic heterocycles. The van der Waals surface area contributed by atoms with Crippen LogP contribution in [0.5, 0.6) is 5.88 Å². The zero-order valence-electron chi connectivity index (χ0n) is 12.7. The molecule has 1 aromatic carbocycles. The molecular formula is C15H15FN6O2. The quantitative estimate of drug-likeness (QED) is 0.652. The van der Waals surface area contributed by atoms with E-state index in [9.17, 15) is 14.3 Å². The van der Waals surface area contributed by atoms with Gasteiger partial charge >= 0.3 is 0 Å². The van der Waals surface area contributed by atoms with Crippen LogP contribution in [-0.2, 0) is 11.5 Å². The Bertz CT molecular complexity index is 805. The van der Waals surface area contributed by atoms with Crippen LogP contribution in [0, 0.1) is 11.3 Å². The van der Waals surface area contributed by atoms with Gasteiger partial charge in [0.1, 0.15) is 18.8 Å². The van der Waals surface area contributed by atoms with E-state index in [1.807, 2.05) is 0 Å². The maximum Gasteiger partial charge on any atom is 0.246 e. The number of hydrogen-bond donors (Lipinski definition) is 4. The van der Waals surface area contributed by atoms with Gasteiger partial charge in [-0.15, -0.1) is 0 Å². The molecule has 1 amide bonds. The number of hydrogen-bond acceptors (Lipinski definition) is 7. The van der Waals surface area contributed by atoms with Crippen molar-refractivity contribution >= 4 is 23.4 Å². The van der Waals surface area contributed by atoms with Gasteiger partial charge in [0.2, 0.25) is 17.7 Å². The summed E-state index contributed by atoms with van der Waals surface area (Å²) in [6.07, 6.45) is 0. The Labute approximate surface area is 137 Å². The first-order valence-corrected chi connectivity index (χ1v) is 6.93. The molecule has 5 N–H and O–H groups in total. The second-order valence-corrected chi connectivity index (χ2v) is 4.93. The summed E-state index contributed by atoms with van der Waals surface area (Å²) in [6.45, 7) is 0.896. The minimum absolute atomic E-state index is 0.0531. The number of aromatic nitrogens is 2. The Morgan fingerprint density at radius 3 is 2.92 bits per heavy atom. The molecule has 0 spiro atoms. The largest absolute Gasteiger partial charge is 0.492 e. The van der Waals surface area contributed by atoms with Crippen LogP contribution in [0.15, 0.2) is 24.3 Å². The maximum atomic E-state index is 12.6. The summed E-state index contributed by atoms with van der Waals surface area (Å²) in [7, 11) is 0. The lowest BCUT2D eigenvalue weighted by atomic mass is 10.2. The predicted molar refractivity (Wildman–Crippen MR) is 85.8 cm³/mol. The van der Waals surface area contributed by atoms with E-state index in [2.05, 4.69) is 20.6 Å². The predicted octanol–water partition coefficient (Wildman–Crippen LogP) is 1.54. The average Bonchev–Trinajstić information content (AvgIpc) is 2.54. The number of nitrogens with two attached hydrogens (primary N) is 1. The molecule has 24 heavy (non-hydrogen) atoms. The molecule has 9 heteroatoms. The second kappa shape index (κ2) is 7.23. The molecule has 0 fully saturated rings. The number of halogens is 1. The lowest BCUT2D eigenvalue weighted by Crippen LogP contribution is -2.32. The molecule has 1 atom stereocenters. The zero-order chi connectivity index (χ0) is 17.7. The minimum atomic E-state index is -0.806. The van der Waals surface area contributed by atoms with Crippen molar-refractivity contribution < 1.29 is 14.3 Å². The van der Waals surface area contributed by atoms with E-state index >= 15 is 0 Å². The number of aromatic hydroxyl groups is 1. The van der Waals surface area contributed by atoms with E-state index < -0.39 is 24.5 Å². The SMILES string of the molecule is C[C@H](Nc1nc(N)nc(O)c1C#N)C(=O)Nc1cccc(CF)c1. The molecule has 8 nitrogen and oxygen atoms in total. The molecule has 0 unspecified atom stereocenters. The molecule has 2 rings (SSSR count). The fraction of sp³-hybridized carbons (Fsp3) is 0.200. The number of nitrogens with one attached hydrogen (secondary N) is 2. The summed E-state index contributed by atoms with van der Waals surface area (Å²) in [6, 6.07) is 7.29. The summed E-state index contributed by atoms with van der Waals surface area (Å²) in [5, 5.41) is 23.9. The molecule has 2 aromatic rings. The molecule has 0 radical (unpaired) electrons. The molecule has 0 saturated heterocycles. The van der Waals surface area contributed by atoms with Gasteiger partial charge in [-0.1, -0.05) is 12.1 Å².